The van der Waals surface area contributed by atoms with Crippen LogP contribution in [-0.4, -0.2) is 54.8 Å². The second kappa shape index (κ2) is 5.45. The van der Waals surface area contributed by atoms with E-state index in [0.29, 0.717) is 9.99 Å². The molecule has 1 aliphatic rings. The van der Waals surface area contributed by atoms with Crippen molar-refractivity contribution in [1.29, 1.82) is 5.26 Å². The fourth-order valence-corrected chi connectivity index (χ4v) is 3.21. The molecule has 3 heterocycles. The molecule has 1 saturated heterocycles. The number of ether oxygens (including phenoxy) is 1. The van der Waals surface area contributed by atoms with Crippen LogP contribution in [0.15, 0.2) is 10.9 Å². The quantitative estimate of drug-likeness (QED) is 0.540. The third-order valence-electron chi connectivity index (χ3n) is 3.64. The van der Waals surface area contributed by atoms with Gasteiger partial charge in [0.25, 0.3) is 0 Å². The Morgan fingerprint density at radius 2 is 2.14 bits per heavy atom. The fraction of sp³-hybridized carbons (Fsp3) is 0.417. The summed E-state index contributed by atoms with van der Waals surface area (Å²) in [5.41, 5.74) is 6.28. The normalized spacial score (nSPS) is 28.1. The van der Waals surface area contributed by atoms with Crippen molar-refractivity contribution in [3.05, 3.63) is 16.5 Å². The number of aliphatic hydroxyl groups is 3. The van der Waals surface area contributed by atoms with Crippen LogP contribution in [0.1, 0.15) is 11.8 Å². The summed E-state index contributed by atoms with van der Waals surface area (Å²) < 4.78 is 7.19. The number of hydrogen-bond donors (Lipinski definition) is 4. The van der Waals surface area contributed by atoms with Gasteiger partial charge >= 0.3 is 0 Å². The van der Waals surface area contributed by atoms with Crippen LogP contribution in [0.3, 0.4) is 0 Å². The zero-order valence-corrected chi connectivity index (χ0v) is 12.7. The Morgan fingerprint density at radius 1 is 1.41 bits per heavy atom. The van der Waals surface area contributed by atoms with E-state index in [-0.39, 0.29) is 17.0 Å². The number of anilines is 1. The summed E-state index contributed by atoms with van der Waals surface area (Å²) in [5, 5.41) is 38.9. The smallest absolute Gasteiger partial charge is 0.165 e. The highest BCUT2D eigenvalue weighted by atomic mass is 79.9. The lowest BCUT2D eigenvalue weighted by Crippen LogP contribution is -2.33. The second-order valence-electron chi connectivity index (χ2n) is 4.83. The molecule has 116 valence electrons. The van der Waals surface area contributed by atoms with Crippen molar-refractivity contribution in [3.63, 3.8) is 0 Å². The zero-order valence-electron chi connectivity index (χ0n) is 11.1. The van der Waals surface area contributed by atoms with Crippen LogP contribution >= 0.6 is 15.9 Å². The Morgan fingerprint density at radius 3 is 2.73 bits per heavy atom. The Hall–Kier alpha value is -1.77. The molecule has 3 rings (SSSR count). The average molecular weight is 370 g/mol. The van der Waals surface area contributed by atoms with Gasteiger partial charge in [-0.2, -0.15) is 5.26 Å². The molecule has 2 aromatic heterocycles. The molecule has 0 aliphatic carbocycles. The highest BCUT2D eigenvalue weighted by molar-refractivity contribution is 9.10. The number of nitrogens with zero attached hydrogens (tertiary/aromatic N) is 4. The summed E-state index contributed by atoms with van der Waals surface area (Å²) in [5.74, 6) is 0.118. The number of nitrogen functional groups attached to an aromatic ring is 1. The molecule has 4 atom stereocenters. The van der Waals surface area contributed by atoms with Crippen LogP contribution in [0.5, 0.6) is 0 Å². The predicted octanol–water partition coefficient (Wildman–Crippen LogP) is -0.741. The van der Waals surface area contributed by atoms with Crippen LogP contribution < -0.4 is 5.73 Å². The van der Waals surface area contributed by atoms with Gasteiger partial charge in [0.1, 0.15) is 46.8 Å². The molecule has 0 saturated carbocycles. The van der Waals surface area contributed by atoms with E-state index in [1.807, 2.05) is 6.07 Å². The van der Waals surface area contributed by atoms with Gasteiger partial charge in [-0.1, -0.05) is 0 Å². The maximum atomic E-state index is 10.2. The first-order valence-electron chi connectivity index (χ1n) is 6.33. The summed E-state index contributed by atoms with van der Waals surface area (Å²) in [6.45, 7) is -0.451. The molecule has 2 aromatic rings. The van der Waals surface area contributed by atoms with Gasteiger partial charge in [0, 0.05) is 0 Å². The SMILES string of the molecule is N#Cc1c(Br)n([C@@H]2O[C@H](CO)[C@@H](O)[C@H]2O)c2ncnc(N)c12. The topological polar surface area (TPSA) is 150 Å². The summed E-state index contributed by atoms with van der Waals surface area (Å²) in [6, 6.07) is 2.00. The summed E-state index contributed by atoms with van der Waals surface area (Å²) in [4.78, 5) is 7.93. The standard InChI is InChI=1S/C12H12BrN5O4/c13-9-4(1-14)6-10(15)16-3-17-11(6)18(9)12-8(21)7(20)5(2-19)22-12/h3,5,7-8,12,19-21H,2H2,(H2,15,16,17)/t5-,7-,8-,12-/m1/s1. The minimum atomic E-state index is -1.30. The van der Waals surface area contributed by atoms with Gasteiger partial charge in [-0.05, 0) is 15.9 Å². The van der Waals surface area contributed by atoms with Crippen LogP contribution in [0.4, 0.5) is 5.82 Å². The van der Waals surface area contributed by atoms with Crippen molar-refractivity contribution < 1.29 is 20.1 Å². The van der Waals surface area contributed by atoms with E-state index in [0.717, 1.165) is 0 Å². The molecule has 5 N–H and O–H groups in total. The monoisotopic (exact) mass is 369 g/mol. The lowest BCUT2D eigenvalue weighted by atomic mass is 10.1. The maximum absolute atomic E-state index is 10.2. The van der Waals surface area contributed by atoms with Crippen molar-refractivity contribution >= 4 is 32.8 Å². The van der Waals surface area contributed by atoms with Gasteiger partial charge in [-0.15, -0.1) is 0 Å². The van der Waals surface area contributed by atoms with Crippen molar-refractivity contribution in [2.45, 2.75) is 24.5 Å². The van der Waals surface area contributed by atoms with Gasteiger partial charge in [-0.3, -0.25) is 4.57 Å². The number of aliphatic hydroxyl groups excluding tert-OH is 3. The van der Waals surface area contributed by atoms with Gasteiger partial charge in [-0.25, -0.2) is 9.97 Å². The molecular formula is C12H12BrN5O4. The van der Waals surface area contributed by atoms with Crippen LogP contribution in [0.2, 0.25) is 0 Å². The molecule has 0 aromatic carbocycles. The van der Waals surface area contributed by atoms with E-state index in [2.05, 4.69) is 25.9 Å². The fourth-order valence-electron chi connectivity index (χ4n) is 2.56. The second-order valence-corrected chi connectivity index (χ2v) is 5.59. The number of fused-ring (bicyclic) bond motifs is 1. The molecule has 9 nitrogen and oxygen atoms in total. The van der Waals surface area contributed by atoms with Gasteiger partial charge in [0.05, 0.1) is 17.6 Å². The highest BCUT2D eigenvalue weighted by Crippen LogP contribution is 2.39. The van der Waals surface area contributed by atoms with E-state index in [1.165, 1.54) is 10.9 Å². The highest BCUT2D eigenvalue weighted by Gasteiger charge is 2.45. The Bertz CT molecular complexity index is 773. The summed E-state index contributed by atoms with van der Waals surface area (Å²) >= 11 is 3.27. The minimum Gasteiger partial charge on any atom is -0.394 e. The number of rotatable bonds is 2. The molecule has 10 heteroatoms. The first-order valence-corrected chi connectivity index (χ1v) is 7.13. The molecular weight excluding hydrogens is 358 g/mol. The van der Waals surface area contributed by atoms with E-state index >= 15 is 0 Å². The van der Waals surface area contributed by atoms with Crippen LogP contribution in [0.25, 0.3) is 11.0 Å². The Kier molecular flexibility index (Phi) is 3.75. The van der Waals surface area contributed by atoms with Gasteiger partial charge in [0.2, 0.25) is 0 Å². The molecule has 0 radical (unpaired) electrons. The van der Waals surface area contributed by atoms with Gasteiger partial charge in [0.15, 0.2) is 6.23 Å². The van der Waals surface area contributed by atoms with Crippen molar-refractivity contribution in [2.24, 2.45) is 0 Å². The third-order valence-corrected chi connectivity index (χ3v) is 4.41. The van der Waals surface area contributed by atoms with E-state index in [9.17, 15) is 20.6 Å². The van der Waals surface area contributed by atoms with E-state index in [1.54, 1.807) is 0 Å². The molecule has 1 fully saturated rings. The van der Waals surface area contributed by atoms with Crippen molar-refractivity contribution in [1.82, 2.24) is 14.5 Å². The predicted molar refractivity (Wildman–Crippen MR) is 77.4 cm³/mol. The number of aromatic nitrogens is 3. The van der Waals surface area contributed by atoms with Crippen molar-refractivity contribution in [2.75, 3.05) is 12.3 Å². The Balaban J connectivity index is 2.23. The maximum Gasteiger partial charge on any atom is 0.165 e. The third kappa shape index (κ3) is 1.98. The summed E-state index contributed by atoms with van der Waals surface area (Å²) in [7, 11) is 0. The van der Waals surface area contributed by atoms with Crippen molar-refractivity contribution in [3.8, 4) is 6.07 Å². The first kappa shape index (κ1) is 15.1. The molecule has 22 heavy (non-hydrogen) atoms. The number of halogens is 1. The lowest BCUT2D eigenvalue weighted by molar-refractivity contribution is -0.0518. The largest absolute Gasteiger partial charge is 0.394 e. The number of nitriles is 1. The molecule has 0 bridgehead atoms. The van der Waals surface area contributed by atoms with E-state index < -0.39 is 31.1 Å². The van der Waals surface area contributed by atoms with Crippen LogP contribution in [0, 0.1) is 11.3 Å². The first-order chi connectivity index (χ1) is 10.5. The zero-order chi connectivity index (χ0) is 16.0. The van der Waals surface area contributed by atoms with Gasteiger partial charge < -0.3 is 25.8 Å². The molecule has 0 unspecified atom stereocenters. The average Bonchev–Trinajstić information content (AvgIpc) is 2.95. The lowest BCUT2D eigenvalue weighted by Gasteiger charge is -2.18. The van der Waals surface area contributed by atoms with E-state index in [4.69, 9.17) is 10.5 Å². The molecule has 1 aliphatic heterocycles. The number of hydrogen-bond acceptors (Lipinski definition) is 8. The van der Waals surface area contributed by atoms with Crippen LogP contribution in [-0.2, 0) is 4.74 Å². The minimum absolute atomic E-state index is 0.118. The molecule has 0 spiro atoms. The number of nitrogens with two attached hydrogens (primary N) is 1. The molecule has 0 amide bonds. The summed E-state index contributed by atoms with van der Waals surface area (Å²) in [6.07, 6.45) is -3.30. The Labute approximate surface area is 132 Å².